The Labute approximate surface area is 247 Å². The van der Waals surface area contributed by atoms with E-state index in [9.17, 15) is 40.8 Å². The van der Waals surface area contributed by atoms with Crippen molar-refractivity contribution in [2.24, 2.45) is 0 Å². The number of nitrogens with zero attached hydrogens (tertiary/aromatic N) is 2. The average molecular weight is 627 g/mol. The molecule has 1 aliphatic rings. The summed E-state index contributed by atoms with van der Waals surface area (Å²) >= 11 is 0. The first kappa shape index (κ1) is 33.5. The molecule has 0 aromatic heterocycles. The molecule has 3 amide bonds. The topological polar surface area (TPSA) is 153 Å². The minimum Gasteiger partial charge on any atom is -0.481 e. The van der Waals surface area contributed by atoms with Crippen LogP contribution in [0.2, 0.25) is 0 Å². The SMILES string of the molecule is CC(C)c1ccc(CNC(=O)C2CN(C(=O)CNC(=O)CCC(=O)O)CCN2S(=O)(=O)c2ccc(C(F)(F)F)cc2)cc1. The van der Waals surface area contributed by atoms with E-state index in [1.54, 1.807) is 0 Å². The van der Waals surface area contributed by atoms with Crippen LogP contribution >= 0.6 is 0 Å². The van der Waals surface area contributed by atoms with Gasteiger partial charge in [-0.3, -0.25) is 19.2 Å². The van der Waals surface area contributed by atoms with Crippen LogP contribution in [0.5, 0.6) is 0 Å². The summed E-state index contributed by atoms with van der Waals surface area (Å²) in [4.78, 5) is 49.4. The number of piperazine rings is 1. The molecule has 2 aromatic carbocycles. The number of alkyl halides is 3. The third-order valence-corrected chi connectivity index (χ3v) is 8.81. The molecule has 11 nitrogen and oxygen atoms in total. The van der Waals surface area contributed by atoms with E-state index >= 15 is 0 Å². The predicted octanol–water partition coefficient (Wildman–Crippen LogP) is 2.33. The van der Waals surface area contributed by atoms with E-state index in [2.05, 4.69) is 10.6 Å². The maximum absolute atomic E-state index is 13.5. The number of hydrogen-bond acceptors (Lipinski definition) is 6. The summed E-state index contributed by atoms with van der Waals surface area (Å²) < 4.78 is 67.0. The number of nitrogens with one attached hydrogen (secondary N) is 2. The highest BCUT2D eigenvalue weighted by Crippen LogP contribution is 2.31. The lowest BCUT2D eigenvalue weighted by molar-refractivity contribution is -0.139. The van der Waals surface area contributed by atoms with Gasteiger partial charge in [-0.15, -0.1) is 0 Å². The zero-order chi connectivity index (χ0) is 31.9. The number of aliphatic carboxylic acids is 1. The van der Waals surface area contributed by atoms with Gasteiger partial charge in [-0.1, -0.05) is 38.1 Å². The van der Waals surface area contributed by atoms with Gasteiger partial charge in [-0.2, -0.15) is 17.5 Å². The van der Waals surface area contributed by atoms with Crippen molar-refractivity contribution in [3.63, 3.8) is 0 Å². The molecule has 0 spiro atoms. The second-order valence-corrected chi connectivity index (χ2v) is 12.2. The molecule has 1 fully saturated rings. The molecule has 15 heteroatoms. The van der Waals surface area contributed by atoms with Gasteiger partial charge >= 0.3 is 12.1 Å². The standard InChI is InChI=1S/C28H33F3N4O7S/c1-18(2)20-5-3-19(4-6-20)15-33-27(40)23-17-34(25(37)16-32-24(36)11-12-26(38)39)13-14-35(23)43(41,42)22-9-7-21(8-10-22)28(29,30)31/h3-10,18,23H,11-17H2,1-2H3,(H,32,36)(H,33,40)(H,38,39). The van der Waals surface area contributed by atoms with E-state index in [1.807, 2.05) is 38.1 Å². The largest absolute Gasteiger partial charge is 0.481 e. The fourth-order valence-corrected chi connectivity index (χ4v) is 5.94. The lowest BCUT2D eigenvalue weighted by atomic mass is 10.0. The minimum atomic E-state index is -4.67. The first-order valence-corrected chi connectivity index (χ1v) is 14.9. The third-order valence-electron chi connectivity index (χ3n) is 6.89. The Morgan fingerprint density at radius 2 is 1.58 bits per heavy atom. The number of rotatable bonds is 11. The number of sulfonamides is 1. The van der Waals surface area contributed by atoms with Crippen molar-refractivity contribution in [3.05, 3.63) is 65.2 Å². The molecule has 2 aromatic rings. The molecule has 43 heavy (non-hydrogen) atoms. The number of benzene rings is 2. The van der Waals surface area contributed by atoms with E-state index in [1.165, 1.54) is 4.90 Å². The minimum absolute atomic E-state index is 0.0510. The molecule has 0 radical (unpaired) electrons. The summed E-state index contributed by atoms with van der Waals surface area (Å²) in [5.41, 5.74) is 0.785. The molecule has 1 atom stereocenters. The molecule has 1 unspecified atom stereocenters. The van der Waals surface area contributed by atoms with Crippen LogP contribution in [0.25, 0.3) is 0 Å². The summed E-state index contributed by atoms with van der Waals surface area (Å²) in [6, 6.07) is 8.90. The van der Waals surface area contributed by atoms with Gasteiger partial charge < -0.3 is 20.6 Å². The second kappa shape index (κ2) is 14.0. The molecule has 234 valence electrons. The Morgan fingerprint density at radius 3 is 2.14 bits per heavy atom. The number of hydrogen-bond donors (Lipinski definition) is 3. The van der Waals surface area contributed by atoms with Crippen LogP contribution in [-0.4, -0.2) is 78.6 Å². The molecule has 0 bridgehead atoms. The molecule has 3 N–H and O–H groups in total. The molecule has 0 saturated carbocycles. The first-order valence-electron chi connectivity index (χ1n) is 13.4. The Kier molecular flexibility index (Phi) is 10.9. The third kappa shape index (κ3) is 9.00. The molecular formula is C28H33F3N4O7S. The summed E-state index contributed by atoms with van der Waals surface area (Å²) in [7, 11) is -4.47. The average Bonchev–Trinajstić information content (AvgIpc) is 2.97. The van der Waals surface area contributed by atoms with E-state index in [4.69, 9.17) is 5.11 Å². The highest BCUT2D eigenvalue weighted by molar-refractivity contribution is 7.89. The van der Waals surface area contributed by atoms with Crippen molar-refractivity contribution < 1.29 is 45.9 Å². The van der Waals surface area contributed by atoms with Gasteiger partial charge in [0.15, 0.2) is 0 Å². The number of halogens is 3. The van der Waals surface area contributed by atoms with Crippen molar-refractivity contribution in [3.8, 4) is 0 Å². The smallest absolute Gasteiger partial charge is 0.416 e. The summed E-state index contributed by atoms with van der Waals surface area (Å²) in [5.74, 6) is -2.92. The number of carbonyl (C=O) groups is 4. The van der Waals surface area contributed by atoms with Crippen molar-refractivity contribution in [2.45, 2.75) is 56.3 Å². The van der Waals surface area contributed by atoms with Gasteiger partial charge in [0.25, 0.3) is 0 Å². The van der Waals surface area contributed by atoms with E-state index in [-0.39, 0.29) is 32.6 Å². The number of carbonyl (C=O) groups excluding carboxylic acids is 3. The monoisotopic (exact) mass is 626 g/mol. The lowest BCUT2D eigenvalue weighted by Crippen LogP contribution is -2.62. The zero-order valence-corrected chi connectivity index (χ0v) is 24.4. The maximum atomic E-state index is 13.5. The quantitative estimate of drug-likeness (QED) is 0.346. The lowest BCUT2D eigenvalue weighted by Gasteiger charge is -2.39. The van der Waals surface area contributed by atoms with Gasteiger partial charge in [0.05, 0.1) is 23.4 Å². The van der Waals surface area contributed by atoms with Crippen LogP contribution in [0.1, 0.15) is 49.3 Å². The normalized spacial score (nSPS) is 16.1. The van der Waals surface area contributed by atoms with Crippen molar-refractivity contribution in [1.29, 1.82) is 0 Å². The Balaban J connectivity index is 1.79. The van der Waals surface area contributed by atoms with Crippen LogP contribution < -0.4 is 10.6 Å². The van der Waals surface area contributed by atoms with E-state index < -0.39 is 69.4 Å². The van der Waals surface area contributed by atoms with Gasteiger partial charge in [0.2, 0.25) is 27.7 Å². The maximum Gasteiger partial charge on any atom is 0.416 e. The van der Waals surface area contributed by atoms with Gasteiger partial charge in [0, 0.05) is 32.6 Å². The number of carboxylic acid groups (broad SMARTS) is 1. The van der Waals surface area contributed by atoms with Gasteiger partial charge in [-0.05, 0) is 41.3 Å². The van der Waals surface area contributed by atoms with Gasteiger partial charge in [0.1, 0.15) is 6.04 Å². The van der Waals surface area contributed by atoms with Crippen LogP contribution in [0.15, 0.2) is 53.4 Å². The van der Waals surface area contributed by atoms with E-state index in [0.29, 0.717) is 18.1 Å². The number of amides is 3. The zero-order valence-electron chi connectivity index (χ0n) is 23.6. The Bertz CT molecular complexity index is 1430. The molecule has 3 rings (SSSR count). The highest BCUT2D eigenvalue weighted by Gasteiger charge is 2.41. The highest BCUT2D eigenvalue weighted by atomic mass is 32.2. The predicted molar refractivity (Wildman–Crippen MR) is 148 cm³/mol. The van der Waals surface area contributed by atoms with Crippen LogP contribution in [0, 0.1) is 0 Å². The fourth-order valence-electron chi connectivity index (χ4n) is 4.37. The van der Waals surface area contributed by atoms with Crippen molar-refractivity contribution >= 4 is 33.7 Å². The van der Waals surface area contributed by atoms with E-state index in [0.717, 1.165) is 27.6 Å². The molecular weight excluding hydrogens is 593 g/mol. The Morgan fingerprint density at radius 1 is 0.953 bits per heavy atom. The second-order valence-electron chi connectivity index (χ2n) is 10.3. The molecule has 1 aliphatic heterocycles. The summed E-state index contributed by atoms with van der Waals surface area (Å²) in [6.07, 6.45) is -5.44. The van der Waals surface area contributed by atoms with Crippen LogP contribution in [0.4, 0.5) is 13.2 Å². The molecule has 1 saturated heterocycles. The first-order chi connectivity index (χ1) is 20.1. The summed E-state index contributed by atoms with van der Waals surface area (Å²) in [6.45, 7) is 2.71. The van der Waals surface area contributed by atoms with Gasteiger partial charge in [-0.25, -0.2) is 8.42 Å². The van der Waals surface area contributed by atoms with Crippen LogP contribution in [0.3, 0.4) is 0 Å². The molecule has 0 aliphatic carbocycles. The number of carboxylic acids is 1. The fraction of sp³-hybridized carbons (Fsp3) is 0.429. The van der Waals surface area contributed by atoms with Crippen LogP contribution in [-0.2, 0) is 41.9 Å². The Hall–Kier alpha value is -3.98. The summed E-state index contributed by atoms with van der Waals surface area (Å²) in [5, 5.41) is 13.7. The van der Waals surface area contributed by atoms with Crippen molar-refractivity contribution in [1.82, 2.24) is 19.8 Å². The van der Waals surface area contributed by atoms with Crippen molar-refractivity contribution in [2.75, 3.05) is 26.2 Å². The molecule has 1 heterocycles.